The minimum atomic E-state index is -5.76. The summed E-state index contributed by atoms with van der Waals surface area (Å²) in [5.74, 6) is -1.20. The zero-order chi connectivity index (χ0) is 22.8. The van der Waals surface area contributed by atoms with E-state index < -0.39 is 21.4 Å². The minimum Gasteiger partial charge on any atom is -0.466 e. The Morgan fingerprint density at radius 2 is 1.68 bits per heavy atom. The molecule has 1 heterocycles. The van der Waals surface area contributed by atoms with Crippen LogP contribution in [0.2, 0.25) is 0 Å². The molecular weight excluding hydrogens is 439 g/mol. The first-order valence-electron chi connectivity index (χ1n) is 9.52. The highest BCUT2D eigenvalue weighted by molar-refractivity contribution is 7.88. The van der Waals surface area contributed by atoms with Gasteiger partial charge in [-0.1, -0.05) is 12.1 Å². The van der Waals surface area contributed by atoms with Crippen molar-refractivity contribution in [2.75, 3.05) is 19.7 Å². The Hall–Kier alpha value is -2.82. The second-order valence-electron chi connectivity index (χ2n) is 7.03. The van der Waals surface area contributed by atoms with E-state index in [0.717, 1.165) is 12.1 Å². The molecule has 1 saturated heterocycles. The summed E-state index contributed by atoms with van der Waals surface area (Å²) in [7, 11) is -5.76. The number of nitrogens with zero attached hydrogens (tertiary/aromatic N) is 1. The largest absolute Gasteiger partial charge is 0.534 e. The zero-order valence-corrected chi connectivity index (χ0v) is 17.3. The van der Waals surface area contributed by atoms with Crippen molar-refractivity contribution in [3.8, 4) is 5.75 Å². The highest BCUT2D eigenvalue weighted by atomic mass is 32.2. The number of piperidine rings is 1. The maximum absolute atomic E-state index is 12.8. The first kappa shape index (κ1) is 22.9. The molecule has 1 fully saturated rings. The van der Waals surface area contributed by atoms with Crippen LogP contribution in [0, 0.1) is 5.92 Å². The van der Waals surface area contributed by atoms with Crippen molar-refractivity contribution in [3.63, 3.8) is 0 Å². The fraction of sp³-hybridized carbons (Fsp3) is 0.400. The molecule has 3 rings (SSSR count). The lowest BCUT2D eigenvalue weighted by molar-refractivity contribution is -0.149. The van der Waals surface area contributed by atoms with Crippen LogP contribution in [0.5, 0.6) is 5.75 Å². The van der Waals surface area contributed by atoms with Crippen molar-refractivity contribution in [2.45, 2.75) is 25.3 Å². The smallest absolute Gasteiger partial charge is 0.466 e. The van der Waals surface area contributed by atoms with Gasteiger partial charge in [-0.2, -0.15) is 21.6 Å². The van der Waals surface area contributed by atoms with Gasteiger partial charge in [0.15, 0.2) is 0 Å². The van der Waals surface area contributed by atoms with E-state index in [1.165, 1.54) is 18.2 Å². The van der Waals surface area contributed by atoms with Crippen molar-refractivity contribution in [1.82, 2.24) is 4.90 Å². The maximum atomic E-state index is 12.8. The topological polar surface area (TPSA) is 90.0 Å². The third-order valence-corrected chi connectivity index (χ3v) is 5.93. The second-order valence-corrected chi connectivity index (χ2v) is 8.56. The third kappa shape index (κ3) is 5.09. The lowest BCUT2D eigenvalue weighted by atomic mass is 9.96. The minimum absolute atomic E-state index is 0.230. The highest BCUT2D eigenvalue weighted by Gasteiger charge is 2.48. The molecule has 0 N–H and O–H groups in total. The molecule has 0 atom stereocenters. The summed E-state index contributed by atoms with van der Waals surface area (Å²) >= 11 is 0. The van der Waals surface area contributed by atoms with Crippen molar-refractivity contribution in [2.24, 2.45) is 5.92 Å². The number of amides is 1. The number of carbonyl (C=O) groups excluding carboxylic acids is 2. The molecule has 168 valence electrons. The van der Waals surface area contributed by atoms with Crippen LogP contribution in [0.4, 0.5) is 13.2 Å². The molecule has 1 aliphatic heterocycles. The first-order valence-corrected chi connectivity index (χ1v) is 10.9. The Morgan fingerprint density at radius 1 is 1.06 bits per heavy atom. The van der Waals surface area contributed by atoms with Crippen molar-refractivity contribution >= 4 is 32.8 Å². The van der Waals surface area contributed by atoms with Gasteiger partial charge in [-0.15, -0.1) is 0 Å². The molecule has 0 radical (unpaired) electrons. The number of hydrogen-bond acceptors (Lipinski definition) is 6. The van der Waals surface area contributed by atoms with Gasteiger partial charge in [-0.05, 0) is 54.8 Å². The van der Waals surface area contributed by atoms with Crippen LogP contribution in [0.15, 0.2) is 36.4 Å². The van der Waals surface area contributed by atoms with E-state index in [1.807, 2.05) is 0 Å². The standard InChI is InChI=1S/C20H20F3NO6S/c1-2-29-19(26)13-7-9-24(10-8-13)18(25)16-4-3-15-12-17(6-5-14(15)11-16)30-31(27,28)20(21,22)23/h3-6,11-13H,2,7-10H2,1H3. The molecule has 0 spiro atoms. The van der Waals surface area contributed by atoms with E-state index >= 15 is 0 Å². The van der Waals surface area contributed by atoms with Crippen molar-refractivity contribution < 1.29 is 40.1 Å². The van der Waals surface area contributed by atoms with Gasteiger partial charge in [0.05, 0.1) is 12.5 Å². The molecule has 0 aliphatic carbocycles. The number of esters is 1. The Bertz CT molecular complexity index is 1090. The SMILES string of the molecule is CCOC(=O)C1CCN(C(=O)c2ccc3cc(OS(=O)(=O)C(F)(F)F)ccc3c2)CC1. The number of hydrogen-bond donors (Lipinski definition) is 0. The quantitative estimate of drug-likeness (QED) is 0.386. The zero-order valence-electron chi connectivity index (χ0n) is 16.5. The van der Waals surface area contributed by atoms with Crippen LogP contribution in [0.25, 0.3) is 10.8 Å². The van der Waals surface area contributed by atoms with Gasteiger partial charge >= 0.3 is 21.6 Å². The summed E-state index contributed by atoms with van der Waals surface area (Å²) in [4.78, 5) is 26.2. The summed E-state index contributed by atoms with van der Waals surface area (Å²) in [6, 6.07) is 8.19. The van der Waals surface area contributed by atoms with Crippen molar-refractivity contribution in [3.05, 3.63) is 42.0 Å². The number of rotatable bonds is 5. The van der Waals surface area contributed by atoms with Crippen LogP contribution < -0.4 is 4.18 Å². The third-order valence-electron chi connectivity index (χ3n) is 4.95. The predicted molar refractivity (Wildman–Crippen MR) is 105 cm³/mol. The lowest BCUT2D eigenvalue weighted by Crippen LogP contribution is -2.40. The normalized spacial score (nSPS) is 15.7. The van der Waals surface area contributed by atoms with E-state index in [-0.39, 0.29) is 17.8 Å². The second kappa shape index (κ2) is 8.74. The van der Waals surface area contributed by atoms with Gasteiger partial charge in [0.25, 0.3) is 5.91 Å². The number of benzene rings is 2. The molecular formula is C20H20F3NO6S. The van der Waals surface area contributed by atoms with Gasteiger partial charge in [-0.3, -0.25) is 9.59 Å². The number of alkyl halides is 3. The summed E-state index contributed by atoms with van der Waals surface area (Å²) in [5.41, 5.74) is -5.16. The van der Waals surface area contributed by atoms with Crippen LogP contribution in [0.1, 0.15) is 30.1 Å². The Balaban J connectivity index is 1.72. The molecule has 1 aliphatic rings. The highest BCUT2D eigenvalue weighted by Crippen LogP contribution is 2.29. The molecule has 11 heteroatoms. The van der Waals surface area contributed by atoms with E-state index in [2.05, 4.69) is 4.18 Å². The molecule has 2 aromatic rings. The Labute approximate surface area is 176 Å². The number of carbonyl (C=O) groups is 2. The van der Waals surface area contributed by atoms with Gasteiger partial charge in [0.1, 0.15) is 5.75 Å². The summed E-state index contributed by atoms with van der Waals surface area (Å²) in [6.07, 6.45) is 1.01. The van der Waals surface area contributed by atoms with Crippen LogP contribution in [-0.2, 0) is 19.6 Å². The molecule has 0 aromatic heterocycles. The van der Waals surface area contributed by atoms with E-state index in [9.17, 15) is 31.2 Å². The molecule has 0 unspecified atom stereocenters. The first-order chi connectivity index (χ1) is 14.5. The number of ether oxygens (including phenoxy) is 1. The average Bonchev–Trinajstić information content (AvgIpc) is 2.72. The van der Waals surface area contributed by atoms with E-state index in [1.54, 1.807) is 17.9 Å². The fourth-order valence-electron chi connectivity index (χ4n) is 3.34. The molecule has 1 amide bonds. The maximum Gasteiger partial charge on any atom is 0.534 e. The number of fused-ring (bicyclic) bond motifs is 1. The Kier molecular flexibility index (Phi) is 6.44. The van der Waals surface area contributed by atoms with Gasteiger partial charge < -0.3 is 13.8 Å². The van der Waals surface area contributed by atoms with Crippen LogP contribution >= 0.6 is 0 Å². The summed E-state index contributed by atoms with van der Waals surface area (Å²) in [5, 5.41) is 0.941. The average molecular weight is 459 g/mol. The lowest BCUT2D eigenvalue weighted by Gasteiger charge is -2.31. The van der Waals surface area contributed by atoms with E-state index in [4.69, 9.17) is 4.74 Å². The Morgan fingerprint density at radius 3 is 2.29 bits per heavy atom. The van der Waals surface area contributed by atoms with Gasteiger partial charge in [0.2, 0.25) is 0 Å². The molecule has 7 nitrogen and oxygen atoms in total. The van der Waals surface area contributed by atoms with Crippen LogP contribution in [-0.4, -0.2) is 50.4 Å². The number of halogens is 3. The van der Waals surface area contributed by atoms with Gasteiger partial charge in [-0.25, -0.2) is 0 Å². The van der Waals surface area contributed by atoms with Gasteiger partial charge in [0, 0.05) is 18.7 Å². The molecule has 0 saturated carbocycles. The monoisotopic (exact) mass is 459 g/mol. The number of likely N-dealkylation sites (tertiary alicyclic amines) is 1. The molecule has 31 heavy (non-hydrogen) atoms. The van der Waals surface area contributed by atoms with E-state index in [0.29, 0.717) is 48.9 Å². The van der Waals surface area contributed by atoms with Crippen molar-refractivity contribution in [1.29, 1.82) is 0 Å². The fourth-order valence-corrected chi connectivity index (χ4v) is 3.80. The summed E-state index contributed by atoms with van der Waals surface area (Å²) < 4.78 is 68.9. The molecule has 2 aromatic carbocycles. The van der Waals surface area contributed by atoms with Crippen LogP contribution in [0.3, 0.4) is 0 Å². The summed E-state index contributed by atoms with van der Waals surface area (Å²) in [6.45, 7) is 2.86. The molecule has 0 bridgehead atoms. The predicted octanol–water partition coefficient (Wildman–Crippen LogP) is 3.48.